The summed E-state index contributed by atoms with van der Waals surface area (Å²) in [5, 5.41) is 2.36. The number of aromatic nitrogens is 3. The molecule has 2 aromatic heterocycles. The van der Waals surface area contributed by atoms with E-state index in [1.807, 2.05) is 0 Å². The lowest BCUT2D eigenvalue weighted by Gasteiger charge is -2.04. The zero-order valence-electron chi connectivity index (χ0n) is 11.2. The Morgan fingerprint density at radius 1 is 1.43 bits per heavy atom. The molecule has 112 valence electrons. The van der Waals surface area contributed by atoms with Crippen molar-refractivity contribution in [3.8, 4) is 0 Å². The minimum atomic E-state index is -3.87. The second-order valence-corrected chi connectivity index (χ2v) is 6.09. The molecule has 2 heterocycles. The lowest BCUT2D eigenvalue weighted by molar-refractivity contribution is 0.0955. The van der Waals surface area contributed by atoms with Crippen LogP contribution in [0, 0.1) is 0 Å². The zero-order valence-corrected chi connectivity index (χ0v) is 12.7. The van der Waals surface area contributed by atoms with E-state index in [9.17, 15) is 13.2 Å². The third kappa shape index (κ3) is 3.31. The van der Waals surface area contributed by atoms with E-state index in [2.05, 4.69) is 20.0 Å². The summed E-state index contributed by atoms with van der Waals surface area (Å²) in [6.45, 7) is 0. The smallest absolute Gasteiger partial charge is 0.267 e. The number of carbonyl (C=O) groups excluding carboxylic acids is 1. The minimum Gasteiger partial charge on any atom is -0.354 e. The normalized spacial score (nSPS) is 11.2. The highest BCUT2D eigenvalue weighted by Crippen LogP contribution is 2.17. The molecule has 0 bridgehead atoms. The Morgan fingerprint density at radius 2 is 2.14 bits per heavy atom. The first kappa shape index (κ1) is 15.3. The second-order valence-electron chi connectivity index (χ2n) is 4.07. The molecule has 0 aromatic carbocycles. The van der Waals surface area contributed by atoms with Crippen LogP contribution in [0.3, 0.4) is 0 Å². The van der Waals surface area contributed by atoms with Gasteiger partial charge in [-0.25, -0.2) is 13.4 Å². The van der Waals surface area contributed by atoms with Crippen molar-refractivity contribution in [3.63, 3.8) is 0 Å². The van der Waals surface area contributed by atoms with Crippen LogP contribution >= 0.6 is 11.6 Å². The second kappa shape index (κ2) is 5.70. The van der Waals surface area contributed by atoms with Gasteiger partial charge in [0.15, 0.2) is 0 Å². The monoisotopic (exact) mass is 329 g/mol. The van der Waals surface area contributed by atoms with Crippen molar-refractivity contribution < 1.29 is 13.2 Å². The summed E-state index contributed by atoms with van der Waals surface area (Å²) >= 11 is 5.60. The molecule has 21 heavy (non-hydrogen) atoms. The van der Waals surface area contributed by atoms with Crippen molar-refractivity contribution in [3.05, 3.63) is 35.5 Å². The van der Waals surface area contributed by atoms with Gasteiger partial charge in [0.2, 0.25) is 5.28 Å². The van der Waals surface area contributed by atoms with E-state index in [0.29, 0.717) is 0 Å². The highest BCUT2D eigenvalue weighted by atomic mass is 35.5. The van der Waals surface area contributed by atoms with Gasteiger partial charge >= 0.3 is 0 Å². The minimum absolute atomic E-state index is 0.0420. The molecule has 0 atom stereocenters. The van der Waals surface area contributed by atoms with Gasteiger partial charge in [0.25, 0.3) is 15.9 Å². The van der Waals surface area contributed by atoms with Crippen LogP contribution in [0.4, 0.5) is 5.82 Å². The Hall–Kier alpha value is -2.13. The lowest BCUT2D eigenvalue weighted by Crippen LogP contribution is -2.20. The summed E-state index contributed by atoms with van der Waals surface area (Å²) in [6.07, 6.45) is 2.66. The largest absolute Gasteiger partial charge is 0.354 e. The van der Waals surface area contributed by atoms with Crippen molar-refractivity contribution in [2.45, 2.75) is 4.90 Å². The van der Waals surface area contributed by atoms with Crippen LogP contribution in [-0.4, -0.2) is 35.9 Å². The van der Waals surface area contributed by atoms with Crippen molar-refractivity contribution in [1.82, 2.24) is 19.9 Å². The zero-order chi connectivity index (χ0) is 15.6. The molecule has 2 rings (SSSR count). The standard InChI is InChI=1S/C11H12ClN5O3S/c1-13-10(18)8-5-7(6-17(8)2)21(19,20)16-9-3-4-14-11(12)15-9/h3-6H,1-2H3,(H,13,18)(H,14,15,16). The van der Waals surface area contributed by atoms with E-state index in [1.54, 1.807) is 7.05 Å². The molecular weight excluding hydrogens is 318 g/mol. The van der Waals surface area contributed by atoms with Crippen LogP contribution in [0.15, 0.2) is 29.4 Å². The van der Waals surface area contributed by atoms with Crippen molar-refractivity contribution in [2.24, 2.45) is 7.05 Å². The van der Waals surface area contributed by atoms with E-state index in [1.165, 1.54) is 36.1 Å². The average molecular weight is 330 g/mol. The molecule has 1 amide bonds. The van der Waals surface area contributed by atoms with Crippen LogP contribution in [0.25, 0.3) is 0 Å². The van der Waals surface area contributed by atoms with Gasteiger partial charge in [0, 0.05) is 26.5 Å². The number of carbonyl (C=O) groups is 1. The van der Waals surface area contributed by atoms with Gasteiger partial charge in [-0.15, -0.1) is 0 Å². The molecular formula is C11H12ClN5O3S. The molecule has 8 nitrogen and oxygen atoms in total. The summed E-state index contributed by atoms with van der Waals surface area (Å²) in [4.78, 5) is 18.9. The molecule has 0 spiro atoms. The number of anilines is 1. The van der Waals surface area contributed by atoms with Crippen molar-refractivity contribution in [2.75, 3.05) is 11.8 Å². The fourth-order valence-electron chi connectivity index (χ4n) is 1.62. The molecule has 10 heteroatoms. The third-order valence-corrected chi connectivity index (χ3v) is 4.12. The molecule has 2 N–H and O–H groups in total. The summed E-state index contributed by atoms with van der Waals surface area (Å²) in [6, 6.07) is 2.63. The molecule has 0 fully saturated rings. The number of sulfonamides is 1. The van der Waals surface area contributed by atoms with Gasteiger partial charge in [0.1, 0.15) is 16.4 Å². The average Bonchev–Trinajstić information content (AvgIpc) is 2.80. The van der Waals surface area contributed by atoms with Crippen LogP contribution in [0.1, 0.15) is 10.5 Å². The lowest BCUT2D eigenvalue weighted by atomic mass is 10.4. The first-order chi connectivity index (χ1) is 9.83. The van der Waals surface area contributed by atoms with E-state index in [-0.39, 0.29) is 27.6 Å². The quantitative estimate of drug-likeness (QED) is 0.800. The molecule has 0 aliphatic carbocycles. The van der Waals surface area contributed by atoms with E-state index in [0.717, 1.165) is 0 Å². The maximum atomic E-state index is 12.2. The first-order valence-corrected chi connectivity index (χ1v) is 7.59. The summed E-state index contributed by atoms with van der Waals surface area (Å²) in [5.74, 6) is -0.343. The fraction of sp³-hybridized carbons (Fsp3) is 0.182. The topological polar surface area (TPSA) is 106 Å². The van der Waals surface area contributed by atoms with Crippen LogP contribution in [0.5, 0.6) is 0 Å². The summed E-state index contributed by atoms with van der Waals surface area (Å²) < 4.78 is 28.1. The van der Waals surface area contributed by atoms with E-state index < -0.39 is 10.0 Å². The van der Waals surface area contributed by atoms with E-state index >= 15 is 0 Å². The molecule has 2 aromatic rings. The Balaban J connectivity index is 2.34. The van der Waals surface area contributed by atoms with Gasteiger partial charge in [-0.05, 0) is 23.7 Å². The number of hydrogen-bond acceptors (Lipinski definition) is 5. The SMILES string of the molecule is CNC(=O)c1cc(S(=O)(=O)Nc2ccnc(Cl)n2)cn1C. The maximum absolute atomic E-state index is 12.2. The number of amides is 1. The third-order valence-electron chi connectivity index (χ3n) is 2.61. The Labute approximate surface area is 126 Å². The van der Waals surface area contributed by atoms with Crippen LogP contribution < -0.4 is 10.0 Å². The number of aryl methyl sites for hydroxylation is 1. The van der Waals surface area contributed by atoms with Gasteiger partial charge in [-0.2, -0.15) is 4.98 Å². The molecule has 0 saturated carbocycles. The van der Waals surface area contributed by atoms with Crippen LogP contribution in [0.2, 0.25) is 5.28 Å². The Kier molecular flexibility index (Phi) is 4.14. The van der Waals surface area contributed by atoms with Gasteiger partial charge in [0.05, 0.1) is 0 Å². The van der Waals surface area contributed by atoms with Gasteiger partial charge in [-0.3, -0.25) is 9.52 Å². The first-order valence-electron chi connectivity index (χ1n) is 5.73. The number of rotatable bonds is 4. The van der Waals surface area contributed by atoms with Gasteiger partial charge in [-0.1, -0.05) is 0 Å². The highest BCUT2D eigenvalue weighted by Gasteiger charge is 2.20. The summed E-state index contributed by atoms with van der Waals surface area (Å²) in [7, 11) is -0.836. The van der Waals surface area contributed by atoms with Crippen molar-refractivity contribution >= 4 is 33.3 Å². The van der Waals surface area contributed by atoms with Crippen LogP contribution in [-0.2, 0) is 17.1 Å². The number of hydrogen-bond donors (Lipinski definition) is 2. The van der Waals surface area contributed by atoms with E-state index in [4.69, 9.17) is 11.6 Å². The molecule has 0 aliphatic heterocycles. The number of nitrogens with one attached hydrogen (secondary N) is 2. The molecule has 0 aliphatic rings. The summed E-state index contributed by atoms with van der Waals surface area (Å²) in [5.41, 5.74) is 0.221. The highest BCUT2D eigenvalue weighted by molar-refractivity contribution is 7.92. The molecule has 0 saturated heterocycles. The fourth-order valence-corrected chi connectivity index (χ4v) is 2.84. The van der Waals surface area contributed by atoms with Crippen molar-refractivity contribution in [1.29, 1.82) is 0 Å². The Morgan fingerprint density at radius 3 is 2.76 bits per heavy atom. The van der Waals surface area contributed by atoms with Gasteiger partial charge < -0.3 is 9.88 Å². The predicted molar refractivity (Wildman–Crippen MR) is 76.7 cm³/mol. The predicted octanol–water partition coefficient (Wildman–Crippen LogP) is 0.629. The number of halogens is 1. The Bertz CT molecular complexity index is 787. The molecule has 0 unspecified atom stereocenters. The number of nitrogens with zero attached hydrogens (tertiary/aromatic N) is 3. The molecule has 0 radical (unpaired) electrons. The maximum Gasteiger partial charge on any atom is 0.267 e.